The van der Waals surface area contributed by atoms with Gasteiger partial charge in [0.25, 0.3) is 5.91 Å². The smallest absolute Gasteiger partial charge is 0.254 e. The fraction of sp³-hybridized carbons (Fsp3) is 0.576. The molecule has 1 N–H and O–H groups in total. The minimum absolute atomic E-state index is 0.0382. The molecule has 0 radical (unpaired) electrons. The van der Waals surface area contributed by atoms with Crippen molar-refractivity contribution in [1.29, 1.82) is 0 Å². The van der Waals surface area contributed by atoms with Gasteiger partial charge in [0.2, 0.25) is 5.91 Å². The topological polar surface area (TPSA) is 55.9 Å². The van der Waals surface area contributed by atoms with E-state index in [1.54, 1.807) is 0 Å². The maximum atomic E-state index is 13.3. The summed E-state index contributed by atoms with van der Waals surface area (Å²) < 4.78 is 0. The first-order valence-corrected chi connectivity index (χ1v) is 15.1. The Labute approximate surface area is 233 Å². The van der Waals surface area contributed by atoms with Gasteiger partial charge in [0.15, 0.2) is 0 Å². The quantitative estimate of drug-likeness (QED) is 0.523. The number of carbonyl (C=O) groups is 2. The Morgan fingerprint density at radius 2 is 1.59 bits per heavy atom. The monoisotopic (exact) mass is 528 g/mol. The molecule has 39 heavy (non-hydrogen) atoms. The Hall–Kier alpha value is -2.70. The van der Waals surface area contributed by atoms with Gasteiger partial charge in [-0.1, -0.05) is 48.5 Å². The summed E-state index contributed by atoms with van der Waals surface area (Å²) in [6, 6.07) is 17.3. The minimum Gasteiger partial charge on any atom is -0.349 e. The third-order valence-electron chi connectivity index (χ3n) is 9.96. The van der Waals surface area contributed by atoms with Crippen molar-refractivity contribution >= 4 is 11.8 Å². The molecule has 6 rings (SSSR count). The number of rotatable bonds is 9. The fourth-order valence-electron chi connectivity index (χ4n) is 7.88. The Morgan fingerprint density at radius 1 is 0.872 bits per heavy atom. The first-order valence-electron chi connectivity index (χ1n) is 15.1. The van der Waals surface area contributed by atoms with Crippen molar-refractivity contribution < 1.29 is 9.59 Å². The number of hydrogen-bond acceptors (Lipinski definition) is 4. The number of amides is 2. The molecular weight excluding hydrogens is 484 g/mol. The number of likely N-dealkylation sites (tertiary alicyclic amines) is 3. The van der Waals surface area contributed by atoms with Gasteiger partial charge in [0, 0.05) is 63.8 Å². The SMILES string of the molecule is Cc1cccc(C)c1C(=O)N1CC2CN(CCC(NC(=O)CCN3CC4CCC3C4)c3ccccc3)CC2C1. The van der Waals surface area contributed by atoms with Crippen molar-refractivity contribution in [3.8, 4) is 0 Å². The third-order valence-corrected chi connectivity index (χ3v) is 9.96. The molecule has 4 aliphatic rings. The van der Waals surface area contributed by atoms with E-state index >= 15 is 0 Å². The molecule has 2 amide bonds. The molecule has 2 bridgehead atoms. The lowest BCUT2D eigenvalue weighted by Crippen LogP contribution is -2.38. The van der Waals surface area contributed by atoms with Gasteiger partial charge >= 0.3 is 0 Å². The average molecular weight is 529 g/mol. The summed E-state index contributed by atoms with van der Waals surface area (Å²) in [4.78, 5) is 33.5. The van der Waals surface area contributed by atoms with Crippen LogP contribution < -0.4 is 5.32 Å². The fourth-order valence-corrected chi connectivity index (χ4v) is 7.88. The number of fused-ring (bicyclic) bond motifs is 3. The number of nitrogens with one attached hydrogen (secondary N) is 1. The van der Waals surface area contributed by atoms with Gasteiger partial charge in [0.1, 0.15) is 0 Å². The highest BCUT2D eigenvalue weighted by Crippen LogP contribution is 2.37. The van der Waals surface area contributed by atoms with E-state index in [4.69, 9.17) is 0 Å². The maximum Gasteiger partial charge on any atom is 0.254 e. The zero-order valence-corrected chi connectivity index (χ0v) is 23.6. The Kier molecular flexibility index (Phi) is 7.77. The van der Waals surface area contributed by atoms with Crippen LogP contribution >= 0.6 is 0 Å². The van der Waals surface area contributed by atoms with Crippen LogP contribution in [0.15, 0.2) is 48.5 Å². The highest BCUT2D eigenvalue weighted by Gasteiger charge is 2.42. The zero-order chi connectivity index (χ0) is 26.9. The van der Waals surface area contributed by atoms with Gasteiger partial charge in [0.05, 0.1) is 6.04 Å². The molecule has 3 aliphatic heterocycles. The van der Waals surface area contributed by atoms with Crippen molar-refractivity contribution in [2.24, 2.45) is 17.8 Å². The standard InChI is InChI=1S/C33H44N4O2/c1-23-7-6-8-24(2)32(23)33(39)37-21-27-19-35(20-28(27)22-37)15-13-30(26-9-4-3-5-10-26)34-31(38)14-16-36-18-25-11-12-29(36)17-25/h3-10,25,27-30H,11-22H2,1-2H3,(H,34,38). The lowest BCUT2D eigenvalue weighted by molar-refractivity contribution is -0.122. The number of aryl methyl sites for hydroxylation is 2. The molecular formula is C33H44N4O2. The lowest BCUT2D eigenvalue weighted by Gasteiger charge is -2.27. The van der Waals surface area contributed by atoms with Crippen LogP contribution in [0.2, 0.25) is 0 Å². The summed E-state index contributed by atoms with van der Waals surface area (Å²) in [7, 11) is 0. The van der Waals surface area contributed by atoms with Gasteiger partial charge in [-0.3, -0.25) is 14.5 Å². The number of benzene rings is 2. The van der Waals surface area contributed by atoms with Crippen molar-refractivity contribution in [3.63, 3.8) is 0 Å². The van der Waals surface area contributed by atoms with Crippen LogP contribution in [0.5, 0.6) is 0 Å². The van der Waals surface area contributed by atoms with E-state index in [0.717, 1.165) is 68.3 Å². The summed E-state index contributed by atoms with van der Waals surface area (Å²) >= 11 is 0. The average Bonchev–Trinajstić information content (AvgIpc) is 3.71. The summed E-state index contributed by atoms with van der Waals surface area (Å²) in [6.45, 7) is 10.9. The largest absolute Gasteiger partial charge is 0.349 e. The zero-order valence-electron chi connectivity index (χ0n) is 23.6. The van der Waals surface area contributed by atoms with Crippen LogP contribution in [-0.4, -0.2) is 78.4 Å². The van der Waals surface area contributed by atoms with Gasteiger partial charge in [-0.2, -0.15) is 0 Å². The molecule has 208 valence electrons. The van der Waals surface area contributed by atoms with Gasteiger partial charge in [-0.05, 0) is 74.0 Å². The van der Waals surface area contributed by atoms with Crippen molar-refractivity contribution in [2.45, 2.75) is 58.0 Å². The highest BCUT2D eigenvalue weighted by atomic mass is 16.2. The molecule has 6 heteroatoms. The van der Waals surface area contributed by atoms with E-state index in [1.165, 1.54) is 31.4 Å². The van der Waals surface area contributed by atoms with Crippen LogP contribution in [0.1, 0.15) is 65.2 Å². The van der Waals surface area contributed by atoms with E-state index in [1.807, 2.05) is 38.1 Å². The van der Waals surface area contributed by atoms with Crippen LogP contribution in [0.25, 0.3) is 0 Å². The van der Waals surface area contributed by atoms with Gasteiger partial charge < -0.3 is 15.1 Å². The van der Waals surface area contributed by atoms with Crippen LogP contribution in [0.4, 0.5) is 0 Å². The lowest BCUT2D eigenvalue weighted by atomic mass is 10.0. The molecule has 6 nitrogen and oxygen atoms in total. The van der Waals surface area contributed by atoms with Crippen molar-refractivity contribution in [2.75, 3.05) is 45.8 Å². The number of hydrogen-bond donors (Lipinski definition) is 1. The van der Waals surface area contributed by atoms with E-state index in [-0.39, 0.29) is 17.9 Å². The predicted octanol–water partition coefficient (Wildman–Crippen LogP) is 4.43. The van der Waals surface area contributed by atoms with Crippen molar-refractivity contribution in [3.05, 3.63) is 70.8 Å². The molecule has 3 heterocycles. The Morgan fingerprint density at radius 3 is 2.23 bits per heavy atom. The minimum atomic E-state index is 0.0382. The second-order valence-corrected chi connectivity index (χ2v) is 12.7. The molecule has 1 saturated carbocycles. The van der Waals surface area contributed by atoms with Crippen LogP contribution in [-0.2, 0) is 4.79 Å². The second-order valence-electron chi connectivity index (χ2n) is 12.7. The number of piperidine rings is 1. The first-order chi connectivity index (χ1) is 18.9. The van der Waals surface area contributed by atoms with E-state index in [0.29, 0.717) is 24.3 Å². The second kappa shape index (κ2) is 11.4. The predicted molar refractivity (Wildman–Crippen MR) is 155 cm³/mol. The molecule has 5 unspecified atom stereocenters. The van der Waals surface area contributed by atoms with Crippen molar-refractivity contribution in [1.82, 2.24) is 20.0 Å². The highest BCUT2D eigenvalue weighted by molar-refractivity contribution is 5.97. The summed E-state index contributed by atoms with van der Waals surface area (Å²) in [5.41, 5.74) is 4.21. The molecule has 2 aromatic carbocycles. The van der Waals surface area contributed by atoms with Crippen LogP contribution in [0, 0.1) is 31.6 Å². The first kappa shape index (κ1) is 26.5. The van der Waals surface area contributed by atoms with Gasteiger partial charge in [-0.15, -0.1) is 0 Å². The molecule has 5 atom stereocenters. The number of carbonyl (C=O) groups excluding carboxylic acids is 2. The Bertz CT molecular complexity index is 1150. The summed E-state index contributed by atoms with van der Waals surface area (Å²) in [5.74, 6) is 2.32. The molecule has 2 aromatic rings. The summed E-state index contributed by atoms with van der Waals surface area (Å²) in [6.07, 6.45) is 5.53. The maximum absolute atomic E-state index is 13.3. The molecule has 0 spiro atoms. The van der Waals surface area contributed by atoms with E-state index in [2.05, 4.69) is 44.3 Å². The van der Waals surface area contributed by atoms with Crippen LogP contribution in [0.3, 0.4) is 0 Å². The molecule has 4 fully saturated rings. The Balaban J connectivity index is 1.01. The molecule has 3 saturated heterocycles. The normalized spacial score (nSPS) is 27.2. The van der Waals surface area contributed by atoms with E-state index < -0.39 is 0 Å². The molecule has 0 aromatic heterocycles. The molecule has 1 aliphatic carbocycles. The number of nitrogens with zero attached hydrogens (tertiary/aromatic N) is 3. The summed E-state index contributed by atoms with van der Waals surface area (Å²) in [5, 5.41) is 3.38. The van der Waals surface area contributed by atoms with Gasteiger partial charge in [-0.25, -0.2) is 0 Å². The van der Waals surface area contributed by atoms with E-state index in [9.17, 15) is 9.59 Å². The third kappa shape index (κ3) is 5.78.